The number of hydrogen-bond donors (Lipinski definition) is 0. The number of rotatable bonds is 7. The van der Waals surface area contributed by atoms with E-state index in [0.717, 1.165) is 24.7 Å². The Balaban J connectivity index is 2.60. The molecule has 0 aromatic rings. The quantitative estimate of drug-likeness (QED) is 0.567. The highest BCUT2D eigenvalue weighted by molar-refractivity contribution is 5.02. The fourth-order valence-electron chi connectivity index (χ4n) is 3.66. The lowest BCUT2D eigenvalue weighted by atomic mass is 9.65. The van der Waals surface area contributed by atoms with Crippen LogP contribution in [0, 0.1) is 28.6 Å². The molecule has 0 amide bonds. The summed E-state index contributed by atoms with van der Waals surface area (Å²) in [5.41, 5.74) is 0.0212. The minimum atomic E-state index is 0.0212. The largest absolute Gasteiger partial charge is 0.198 e. The van der Waals surface area contributed by atoms with Gasteiger partial charge in [0.25, 0.3) is 0 Å². The molecule has 1 rings (SSSR count). The molecule has 0 N–H and O–H groups in total. The summed E-state index contributed by atoms with van der Waals surface area (Å²) >= 11 is 0. The number of nitriles is 1. The van der Waals surface area contributed by atoms with Gasteiger partial charge in [0.05, 0.1) is 11.5 Å². The molecule has 0 aromatic heterocycles. The van der Waals surface area contributed by atoms with Crippen molar-refractivity contribution in [1.82, 2.24) is 0 Å². The van der Waals surface area contributed by atoms with Crippen LogP contribution in [0.3, 0.4) is 0 Å². The molecule has 3 unspecified atom stereocenters. The molecule has 0 aliphatic heterocycles. The highest BCUT2D eigenvalue weighted by Gasteiger charge is 2.37. The van der Waals surface area contributed by atoms with Gasteiger partial charge in [0.1, 0.15) is 0 Å². The van der Waals surface area contributed by atoms with Crippen LogP contribution >= 0.6 is 0 Å². The van der Waals surface area contributed by atoms with Crippen molar-refractivity contribution < 1.29 is 0 Å². The van der Waals surface area contributed by atoms with Gasteiger partial charge in [-0.1, -0.05) is 65.7 Å². The van der Waals surface area contributed by atoms with Crippen molar-refractivity contribution in [3.05, 3.63) is 0 Å². The van der Waals surface area contributed by atoms with Crippen molar-refractivity contribution in [3.63, 3.8) is 0 Å². The minimum absolute atomic E-state index is 0.0212. The number of unbranched alkanes of at least 4 members (excludes halogenated alkanes) is 1. The predicted molar refractivity (Wildman–Crippen MR) is 78.2 cm³/mol. The zero-order chi connectivity index (χ0) is 13.4. The molecule has 0 spiro atoms. The van der Waals surface area contributed by atoms with E-state index in [1.807, 2.05) is 0 Å². The van der Waals surface area contributed by atoms with Gasteiger partial charge < -0.3 is 0 Å². The molecule has 0 radical (unpaired) electrons. The highest BCUT2D eigenvalue weighted by atomic mass is 14.4. The van der Waals surface area contributed by atoms with Gasteiger partial charge in [-0.3, -0.25) is 0 Å². The molecule has 1 saturated carbocycles. The van der Waals surface area contributed by atoms with Crippen molar-refractivity contribution in [3.8, 4) is 6.07 Å². The van der Waals surface area contributed by atoms with Crippen molar-refractivity contribution in [2.24, 2.45) is 17.3 Å². The normalized spacial score (nSPS) is 29.8. The van der Waals surface area contributed by atoms with Crippen LogP contribution in [-0.2, 0) is 0 Å². The van der Waals surface area contributed by atoms with Gasteiger partial charge in [-0.05, 0) is 31.1 Å². The maximum atomic E-state index is 9.67. The minimum Gasteiger partial charge on any atom is -0.198 e. The topological polar surface area (TPSA) is 23.8 Å². The van der Waals surface area contributed by atoms with Crippen LogP contribution in [0.5, 0.6) is 0 Å². The number of hydrogen-bond acceptors (Lipinski definition) is 1. The maximum Gasteiger partial charge on any atom is 0.0689 e. The third-order valence-corrected chi connectivity index (χ3v) is 4.98. The summed E-state index contributed by atoms with van der Waals surface area (Å²) < 4.78 is 0. The van der Waals surface area contributed by atoms with Crippen LogP contribution in [0.1, 0.15) is 85.0 Å². The van der Waals surface area contributed by atoms with Gasteiger partial charge in [-0.2, -0.15) is 5.26 Å². The average Bonchev–Trinajstić information content (AvgIpc) is 2.43. The summed E-state index contributed by atoms with van der Waals surface area (Å²) in [5, 5.41) is 9.67. The van der Waals surface area contributed by atoms with E-state index in [0.29, 0.717) is 0 Å². The second kappa shape index (κ2) is 7.82. The van der Waals surface area contributed by atoms with Crippen LogP contribution in [0.25, 0.3) is 0 Å². The van der Waals surface area contributed by atoms with Crippen molar-refractivity contribution in [1.29, 1.82) is 5.26 Å². The molecule has 0 aromatic carbocycles. The van der Waals surface area contributed by atoms with Crippen LogP contribution in [0.15, 0.2) is 0 Å². The SMILES string of the molecule is CCCCC(CC)CC1(C#N)CCCC(CC)C1. The summed E-state index contributed by atoms with van der Waals surface area (Å²) in [5.74, 6) is 1.59. The molecule has 0 saturated heterocycles. The van der Waals surface area contributed by atoms with Crippen LogP contribution in [0.2, 0.25) is 0 Å². The van der Waals surface area contributed by atoms with E-state index < -0.39 is 0 Å². The van der Waals surface area contributed by atoms with E-state index in [9.17, 15) is 5.26 Å². The van der Waals surface area contributed by atoms with E-state index in [1.165, 1.54) is 51.4 Å². The van der Waals surface area contributed by atoms with Crippen molar-refractivity contribution >= 4 is 0 Å². The number of nitrogens with zero attached hydrogens (tertiary/aromatic N) is 1. The molecule has 0 heterocycles. The summed E-state index contributed by atoms with van der Waals surface area (Å²) in [6.45, 7) is 6.85. The highest BCUT2D eigenvalue weighted by Crippen LogP contribution is 2.45. The van der Waals surface area contributed by atoms with Gasteiger partial charge in [0, 0.05) is 0 Å². The monoisotopic (exact) mass is 249 g/mol. The standard InChI is InChI=1S/C17H31N/c1-4-7-9-15(5-2)12-17(14-18)11-8-10-16(6-3)13-17/h15-16H,4-13H2,1-3H3. The molecule has 3 atom stereocenters. The molecule has 0 bridgehead atoms. The van der Waals surface area contributed by atoms with Crippen molar-refractivity contribution in [2.75, 3.05) is 0 Å². The second-order valence-electron chi connectivity index (χ2n) is 6.38. The Morgan fingerprint density at radius 3 is 2.67 bits per heavy atom. The first-order valence-electron chi connectivity index (χ1n) is 8.11. The Hall–Kier alpha value is -0.510. The first-order chi connectivity index (χ1) is 8.69. The zero-order valence-corrected chi connectivity index (χ0v) is 12.7. The lowest BCUT2D eigenvalue weighted by Gasteiger charge is -2.37. The summed E-state index contributed by atoms with van der Waals surface area (Å²) in [7, 11) is 0. The Kier molecular flexibility index (Phi) is 6.76. The Morgan fingerprint density at radius 1 is 1.33 bits per heavy atom. The third-order valence-electron chi connectivity index (χ3n) is 4.98. The fourth-order valence-corrected chi connectivity index (χ4v) is 3.66. The van der Waals surface area contributed by atoms with E-state index in [2.05, 4.69) is 26.8 Å². The van der Waals surface area contributed by atoms with E-state index in [4.69, 9.17) is 0 Å². The molecule has 1 nitrogen and oxygen atoms in total. The lowest BCUT2D eigenvalue weighted by molar-refractivity contribution is 0.152. The van der Waals surface area contributed by atoms with Gasteiger partial charge in [0.2, 0.25) is 0 Å². The first-order valence-corrected chi connectivity index (χ1v) is 8.11. The average molecular weight is 249 g/mol. The molecule has 1 aliphatic rings. The third kappa shape index (κ3) is 4.30. The maximum absolute atomic E-state index is 9.67. The van der Waals surface area contributed by atoms with E-state index >= 15 is 0 Å². The van der Waals surface area contributed by atoms with Crippen LogP contribution < -0.4 is 0 Å². The lowest BCUT2D eigenvalue weighted by Crippen LogP contribution is -2.29. The first kappa shape index (κ1) is 15.5. The molecule has 18 heavy (non-hydrogen) atoms. The Labute approximate surface area is 114 Å². The van der Waals surface area contributed by atoms with Gasteiger partial charge >= 0.3 is 0 Å². The summed E-state index contributed by atoms with van der Waals surface area (Å²) in [4.78, 5) is 0. The Morgan fingerprint density at radius 2 is 2.11 bits per heavy atom. The van der Waals surface area contributed by atoms with Gasteiger partial charge in [0.15, 0.2) is 0 Å². The smallest absolute Gasteiger partial charge is 0.0689 e. The van der Waals surface area contributed by atoms with Gasteiger partial charge in [-0.15, -0.1) is 0 Å². The van der Waals surface area contributed by atoms with Crippen LogP contribution in [0.4, 0.5) is 0 Å². The van der Waals surface area contributed by atoms with Gasteiger partial charge in [-0.25, -0.2) is 0 Å². The molecular formula is C17H31N. The van der Waals surface area contributed by atoms with Crippen molar-refractivity contribution in [2.45, 2.75) is 85.0 Å². The second-order valence-corrected chi connectivity index (χ2v) is 6.38. The fraction of sp³-hybridized carbons (Fsp3) is 0.941. The molecule has 1 heteroatoms. The molecule has 1 aliphatic carbocycles. The summed E-state index contributed by atoms with van der Waals surface area (Å²) in [6.07, 6.45) is 12.6. The zero-order valence-electron chi connectivity index (χ0n) is 12.7. The molecule has 1 fully saturated rings. The Bertz CT molecular complexity index is 265. The summed E-state index contributed by atoms with van der Waals surface area (Å²) in [6, 6.07) is 2.72. The molecular weight excluding hydrogens is 218 g/mol. The van der Waals surface area contributed by atoms with E-state index in [1.54, 1.807) is 0 Å². The molecule has 104 valence electrons. The van der Waals surface area contributed by atoms with Crippen LogP contribution in [-0.4, -0.2) is 0 Å². The van der Waals surface area contributed by atoms with E-state index in [-0.39, 0.29) is 5.41 Å². The predicted octanol–water partition coefficient (Wildman–Crippen LogP) is 5.70.